The number of carbonyl (C=O) groups excluding carboxylic acids is 2. The van der Waals surface area contributed by atoms with Gasteiger partial charge < -0.3 is 4.74 Å². The van der Waals surface area contributed by atoms with Crippen LogP contribution in [0.25, 0.3) is 0 Å². The summed E-state index contributed by atoms with van der Waals surface area (Å²) in [5, 5.41) is 1.02. The van der Waals surface area contributed by atoms with Gasteiger partial charge in [-0.05, 0) is 6.42 Å². The van der Waals surface area contributed by atoms with Crippen molar-refractivity contribution in [3.8, 4) is 0 Å². The summed E-state index contributed by atoms with van der Waals surface area (Å²) in [5.41, 5.74) is 0. The zero-order valence-corrected chi connectivity index (χ0v) is 19.7. The summed E-state index contributed by atoms with van der Waals surface area (Å²) in [5.74, 6) is -3.46. The number of allylic oxidation sites excluding steroid dienone is 2. The van der Waals surface area contributed by atoms with Crippen LogP contribution in [-0.2, 0) is 19.2 Å². The molecule has 160 valence electrons. The lowest BCUT2D eigenvalue weighted by molar-refractivity contribution is -0.192. The van der Waals surface area contributed by atoms with Crippen molar-refractivity contribution in [2.45, 2.75) is 52.5 Å². The summed E-state index contributed by atoms with van der Waals surface area (Å²) in [6.45, 7) is 2.35. The number of hydrogen-bond acceptors (Lipinski definition) is 4. The van der Waals surface area contributed by atoms with Gasteiger partial charge in [0.2, 0.25) is 0 Å². The first-order valence-electron chi connectivity index (χ1n) is 9.54. The molecular weight excluding hydrogens is 507 g/mol. The largest absolute Gasteiger partial charge is 0.373 e. The van der Waals surface area contributed by atoms with E-state index in [9.17, 15) is 9.59 Å². The number of amides is 2. The molecule has 0 radical (unpaired) electrons. The second-order valence-electron chi connectivity index (χ2n) is 8.31. The highest BCUT2D eigenvalue weighted by molar-refractivity contribution is 6.65. The first kappa shape index (κ1) is 21.4. The minimum absolute atomic E-state index is 0.0687. The molecule has 4 bridgehead atoms. The molecular formula is C18H17Cl6NO4. The van der Waals surface area contributed by atoms with Crippen molar-refractivity contribution in [3.63, 3.8) is 0 Å². The van der Waals surface area contributed by atoms with Gasteiger partial charge in [-0.15, -0.1) is 23.2 Å². The average molecular weight is 524 g/mol. The lowest BCUT2D eigenvalue weighted by Gasteiger charge is -2.39. The van der Waals surface area contributed by atoms with E-state index in [4.69, 9.17) is 79.2 Å². The fourth-order valence-corrected chi connectivity index (χ4v) is 8.97. The van der Waals surface area contributed by atoms with E-state index >= 15 is 0 Å². The maximum Gasteiger partial charge on any atom is 0.260 e. The topological polar surface area (TPSA) is 55.8 Å². The third kappa shape index (κ3) is 2.16. The zero-order chi connectivity index (χ0) is 21.1. The Labute approximate surface area is 197 Å². The standard InChI is InChI=1S/C18H17Cl6NO4/c1-2-3-4-5-28-25-14(26)6-7(15(25)27)11-9-8(10(6)29-11)16(21)12(19)13(20)17(9,22)18(16,23)24/h6-11H,2-5H2,1H3/t6-,7+,8-,9-,10+,11+,16-,17-/m0/s1. The summed E-state index contributed by atoms with van der Waals surface area (Å²) >= 11 is 40.0. The highest BCUT2D eigenvalue weighted by Crippen LogP contribution is 2.81. The van der Waals surface area contributed by atoms with E-state index in [0.717, 1.165) is 24.3 Å². The van der Waals surface area contributed by atoms with Crippen LogP contribution in [0.4, 0.5) is 0 Å². The van der Waals surface area contributed by atoms with E-state index in [1.54, 1.807) is 0 Å². The Morgan fingerprint density at radius 2 is 1.41 bits per heavy atom. The summed E-state index contributed by atoms with van der Waals surface area (Å²) in [7, 11) is 0. The van der Waals surface area contributed by atoms with Gasteiger partial charge in [0.25, 0.3) is 11.8 Å². The van der Waals surface area contributed by atoms with Crippen LogP contribution in [0.1, 0.15) is 26.2 Å². The van der Waals surface area contributed by atoms with Crippen LogP contribution in [0.3, 0.4) is 0 Å². The SMILES string of the molecule is CCCCCON1C(=O)[C@@H]2[C@H]3O[C@H]([C@@H]2C1=O)[C@@H]1[C@@H]3[C@]2(Cl)C(Cl)=C(Cl)[C@]1(Cl)C2(Cl)Cl. The minimum Gasteiger partial charge on any atom is -0.373 e. The maximum atomic E-state index is 13.0. The molecule has 8 atom stereocenters. The van der Waals surface area contributed by atoms with Crippen LogP contribution in [0.5, 0.6) is 0 Å². The molecule has 2 amide bonds. The van der Waals surface area contributed by atoms with Crippen molar-refractivity contribution in [1.29, 1.82) is 0 Å². The first-order chi connectivity index (χ1) is 13.6. The van der Waals surface area contributed by atoms with Gasteiger partial charge in [0.05, 0.1) is 40.7 Å². The molecule has 5 nitrogen and oxygen atoms in total. The number of carbonyl (C=O) groups is 2. The molecule has 3 aliphatic heterocycles. The maximum absolute atomic E-state index is 13.0. The van der Waals surface area contributed by atoms with Gasteiger partial charge in [-0.2, -0.15) is 5.06 Å². The number of halogens is 6. The Bertz CT molecular complexity index is 792. The number of imide groups is 1. The fourth-order valence-electron chi connectivity index (χ4n) is 5.91. The highest BCUT2D eigenvalue weighted by atomic mass is 35.5. The van der Waals surface area contributed by atoms with Crippen LogP contribution in [0.15, 0.2) is 10.1 Å². The van der Waals surface area contributed by atoms with Crippen molar-refractivity contribution in [2.24, 2.45) is 23.7 Å². The number of rotatable bonds is 5. The molecule has 0 aromatic heterocycles. The quantitative estimate of drug-likeness (QED) is 0.301. The van der Waals surface area contributed by atoms with Crippen molar-refractivity contribution < 1.29 is 19.2 Å². The number of hydroxylamine groups is 2. The molecule has 3 heterocycles. The number of ether oxygens (including phenoxy) is 1. The highest BCUT2D eigenvalue weighted by Gasteiger charge is 2.90. The molecule has 5 aliphatic rings. The minimum atomic E-state index is -1.71. The van der Waals surface area contributed by atoms with E-state index in [1.807, 2.05) is 0 Å². The summed E-state index contributed by atoms with van der Waals surface area (Å²) in [4.78, 5) is 28.5. The molecule has 5 rings (SSSR count). The van der Waals surface area contributed by atoms with Gasteiger partial charge >= 0.3 is 0 Å². The lowest BCUT2D eigenvalue weighted by atomic mass is 9.65. The molecule has 11 heteroatoms. The average Bonchev–Trinajstić information content (AvgIpc) is 3.37. The van der Waals surface area contributed by atoms with E-state index in [0.29, 0.717) is 6.61 Å². The van der Waals surface area contributed by atoms with Crippen LogP contribution >= 0.6 is 69.6 Å². The first-order valence-corrected chi connectivity index (χ1v) is 11.8. The molecule has 1 saturated carbocycles. The lowest BCUT2D eigenvalue weighted by Crippen LogP contribution is -2.50. The van der Waals surface area contributed by atoms with Gasteiger partial charge in [-0.1, -0.05) is 66.2 Å². The van der Waals surface area contributed by atoms with Gasteiger partial charge in [0.1, 0.15) is 9.75 Å². The van der Waals surface area contributed by atoms with Crippen molar-refractivity contribution >= 4 is 81.4 Å². The third-order valence-electron chi connectivity index (χ3n) is 7.11. The molecule has 2 aliphatic carbocycles. The normalized spacial score (nSPS) is 48.9. The van der Waals surface area contributed by atoms with Gasteiger partial charge in [0, 0.05) is 11.8 Å². The Morgan fingerprint density at radius 3 is 1.86 bits per heavy atom. The van der Waals surface area contributed by atoms with Gasteiger partial charge in [-0.25, -0.2) is 0 Å². The number of fused-ring (bicyclic) bond motifs is 12. The zero-order valence-electron chi connectivity index (χ0n) is 15.1. The van der Waals surface area contributed by atoms with E-state index in [2.05, 4.69) is 6.92 Å². The summed E-state index contributed by atoms with van der Waals surface area (Å²) in [6.07, 6.45) is 1.29. The van der Waals surface area contributed by atoms with Crippen molar-refractivity contribution in [2.75, 3.05) is 6.61 Å². The monoisotopic (exact) mass is 521 g/mol. The molecule has 4 fully saturated rings. The number of alkyl halides is 4. The number of unbranched alkanes of at least 4 members (excludes halogenated alkanes) is 2. The van der Waals surface area contributed by atoms with E-state index < -0.39 is 61.8 Å². The summed E-state index contributed by atoms with van der Waals surface area (Å²) < 4.78 is 4.37. The number of nitrogens with zero attached hydrogens (tertiary/aromatic N) is 1. The molecule has 0 aromatic carbocycles. The Balaban J connectivity index is 1.50. The van der Waals surface area contributed by atoms with Gasteiger partial charge in [0.15, 0.2) is 4.33 Å². The second kappa shape index (κ2) is 6.54. The molecule has 29 heavy (non-hydrogen) atoms. The van der Waals surface area contributed by atoms with Crippen LogP contribution in [0, 0.1) is 23.7 Å². The number of hydrogen-bond donors (Lipinski definition) is 0. The Hall–Kier alpha value is 0.540. The van der Waals surface area contributed by atoms with Crippen LogP contribution < -0.4 is 0 Å². The van der Waals surface area contributed by atoms with Gasteiger partial charge in [-0.3, -0.25) is 14.4 Å². The Morgan fingerprint density at radius 1 is 0.931 bits per heavy atom. The molecule has 0 spiro atoms. The fraction of sp³-hybridized carbons (Fsp3) is 0.778. The van der Waals surface area contributed by atoms with Crippen LogP contribution in [0.2, 0.25) is 0 Å². The second-order valence-corrected chi connectivity index (χ2v) is 11.6. The third-order valence-corrected chi connectivity index (χ3v) is 11.4. The molecule has 0 N–H and O–H groups in total. The van der Waals surface area contributed by atoms with Crippen LogP contribution in [-0.4, -0.2) is 49.8 Å². The Kier molecular flexibility index (Phi) is 4.82. The summed E-state index contributed by atoms with van der Waals surface area (Å²) in [6, 6.07) is 0. The predicted octanol–water partition coefficient (Wildman–Crippen LogP) is 4.57. The van der Waals surface area contributed by atoms with E-state index in [1.165, 1.54) is 0 Å². The molecule has 3 saturated heterocycles. The van der Waals surface area contributed by atoms with Crippen molar-refractivity contribution in [3.05, 3.63) is 10.1 Å². The van der Waals surface area contributed by atoms with Crippen molar-refractivity contribution in [1.82, 2.24) is 5.06 Å². The molecule has 0 unspecified atom stereocenters. The van der Waals surface area contributed by atoms with E-state index in [-0.39, 0.29) is 10.1 Å². The smallest absolute Gasteiger partial charge is 0.260 e. The predicted molar refractivity (Wildman–Crippen MR) is 110 cm³/mol. The molecule has 0 aromatic rings.